The Morgan fingerprint density at radius 1 is 1.13 bits per heavy atom. The number of rotatable bonds is 7. The maximum absolute atomic E-state index is 16.9. The van der Waals surface area contributed by atoms with Crippen LogP contribution >= 0.6 is 0 Å². The number of nitrogens with zero attached hydrogens (tertiary/aromatic N) is 5. The Hall–Kier alpha value is -3.77. The molecule has 238 valence electrons. The second-order valence-electron chi connectivity index (χ2n) is 12.8. The number of anilines is 1. The van der Waals surface area contributed by atoms with Gasteiger partial charge in [0.1, 0.15) is 42.2 Å². The highest BCUT2D eigenvalue weighted by Gasteiger charge is 2.49. The number of hydrogen-bond donors (Lipinski definition) is 2. The van der Waals surface area contributed by atoms with E-state index in [-0.39, 0.29) is 47.9 Å². The summed E-state index contributed by atoms with van der Waals surface area (Å²) in [5.41, 5.74) is -0.149. The lowest BCUT2D eigenvalue weighted by Gasteiger charge is -2.38. The number of aromatic nitrogens is 4. The fourth-order valence-corrected chi connectivity index (χ4v) is 7.64. The normalized spacial score (nSPS) is 25.7. The van der Waals surface area contributed by atoms with Crippen molar-refractivity contribution in [1.82, 2.24) is 25.1 Å². The summed E-state index contributed by atoms with van der Waals surface area (Å²) in [7, 11) is 0. The van der Waals surface area contributed by atoms with Gasteiger partial charge < -0.3 is 14.7 Å². The van der Waals surface area contributed by atoms with Gasteiger partial charge in [-0.05, 0) is 69.3 Å². The maximum atomic E-state index is 16.9. The summed E-state index contributed by atoms with van der Waals surface area (Å²) in [6.45, 7) is 4.23. The third kappa shape index (κ3) is 5.02. The van der Waals surface area contributed by atoms with Crippen LogP contribution in [0.4, 0.5) is 23.4 Å². The van der Waals surface area contributed by atoms with E-state index in [4.69, 9.17) is 4.74 Å². The number of fused-ring (bicyclic) bond motifs is 3. The lowest BCUT2D eigenvalue weighted by molar-refractivity contribution is 0.00302. The van der Waals surface area contributed by atoms with Gasteiger partial charge >= 0.3 is 6.01 Å². The Labute approximate surface area is 258 Å². The van der Waals surface area contributed by atoms with Crippen LogP contribution in [-0.2, 0) is 0 Å². The summed E-state index contributed by atoms with van der Waals surface area (Å²) < 4.78 is 67.7. The predicted octanol–water partition coefficient (Wildman–Crippen LogP) is 6.05. The lowest BCUT2D eigenvalue weighted by Crippen LogP contribution is -2.50. The molecule has 0 radical (unpaired) electrons. The van der Waals surface area contributed by atoms with Crippen molar-refractivity contribution in [3.05, 3.63) is 47.2 Å². The first-order valence-electron chi connectivity index (χ1n) is 15.5. The Morgan fingerprint density at radius 3 is 2.76 bits per heavy atom. The molecule has 0 spiro atoms. The van der Waals surface area contributed by atoms with Crippen LogP contribution < -0.4 is 9.64 Å². The van der Waals surface area contributed by atoms with Gasteiger partial charge in [-0.2, -0.15) is 15.1 Å². The molecule has 0 unspecified atom stereocenters. The van der Waals surface area contributed by atoms with E-state index in [0.717, 1.165) is 24.9 Å². The Kier molecular flexibility index (Phi) is 7.47. The second-order valence-corrected chi connectivity index (χ2v) is 12.8. The molecule has 3 atom stereocenters. The first-order valence-corrected chi connectivity index (χ1v) is 15.5. The smallest absolute Gasteiger partial charge is 0.319 e. The molecule has 8 nitrogen and oxygen atoms in total. The number of H-pyrrole nitrogens is 1. The van der Waals surface area contributed by atoms with Crippen LogP contribution in [0, 0.1) is 18.6 Å². The van der Waals surface area contributed by atoms with E-state index in [1.165, 1.54) is 12.3 Å². The summed E-state index contributed by atoms with van der Waals surface area (Å²) in [4.78, 5) is 12.8. The van der Waals surface area contributed by atoms with Gasteiger partial charge in [0.15, 0.2) is 5.82 Å². The molecular formula is C33H36F4N6O2. The number of ether oxygens (including phenoxy) is 1. The van der Waals surface area contributed by atoms with Gasteiger partial charge in [-0.1, -0.05) is 12.2 Å². The molecule has 3 aliphatic heterocycles. The van der Waals surface area contributed by atoms with Gasteiger partial charge in [0.05, 0.1) is 29.4 Å². The van der Waals surface area contributed by atoms with Crippen LogP contribution in [0.15, 0.2) is 24.4 Å². The third-order valence-corrected chi connectivity index (χ3v) is 9.75. The van der Waals surface area contributed by atoms with Gasteiger partial charge in [-0.25, -0.2) is 17.6 Å². The first-order chi connectivity index (χ1) is 21.6. The zero-order chi connectivity index (χ0) is 31.5. The quantitative estimate of drug-likeness (QED) is 0.242. The molecule has 0 amide bonds. The maximum Gasteiger partial charge on any atom is 0.319 e. The van der Waals surface area contributed by atoms with Crippen molar-refractivity contribution in [2.75, 3.05) is 44.4 Å². The van der Waals surface area contributed by atoms with E-state index in [1.807, 2.05) is 19.9 Å². The molecule has 3 aliphatic rings. The minimum atomic E-state index is -1.62. The average molecular weight is 625 g/mol. The standard InChI is InChI=1S/C33H36F4N6O2/c1-3-6-21-19(2)11-25-23(14-38-41-25)26(21)27-24(36)12-22-29(28(27)37)39-31(40-30(22)42-9-5-8-33(44,16-34)17-42)45-18-32-7-4-10-43(32)15-20(35)13-32/h3,6,11-12,14,20,44H,4-5,7-10,13,15-18H2,1-2H3,(H,38,41)/b6-3-/t20-,32+,33+/m1/s1. The number of aromatic amines is 1. The molecule has 2 N–H and O–H groups in total. The first kappa shape index (κ1) is 29.9. The van der Waals surface area contributed by atoms with Crippen LogP contribution in [0.3, 0.4) is 0 Å². The molecule has 3 saturated heterocycles. The molecular weight excluding hydrogens is 588 g/mol. The number of aliphatic hydroxyl groups is 1. The molecule has 0 bridgehead atoms. The van der Waals surface area contributed by atoms with E-state index >= 15 is 8.78 Å². The molecule has 0 saturated carbocycles. The Bertz CT molecular complexity index is 1810. The minimum Gasteiger partial charge on any atom is -0.461 e. The number of piperidine rings is 1. The zero-order valence-corrected chi connectivity index (χ0v) is 25.3. The number of allylic oxidation sites excluding steroid dienone is 1. The van der Waals surface area contributed by atoms with E-state index in [9.17, 15) is 13.9 Å². The van der Waals surface area contributed by atoms with Crippen molar-refractivity contribution in [2.45, 2.75) is 63.3 Å². The van der Waals surface area contributed by atoms with Crippen LogP contribution in [0.1, 0.15) is 50.2 Å². The molecule has 2 aromatic heterocycles. The molecule has 4 aromatic rings. The number of halogens is 4. The SMILES string of the molecule is C/C=C\c1c(C)cc2[nH]ncc2c1-c1c(F)cc2c(N3CCC[C@](O)(CF)C3)nc(OC[C@@]34CCCN3C[C@H](F)C4)nc2c1F. The van der Waals surface area contributed by atoms with Gasteiger partial charge in [-0.3, -0.25) is 10.00 Å². The topological polar surface area (TPSA) is 90.4 Å². The van der Waals surface area contributed by atoms with Crippen molar-refractivity contribution in [3.8, 4) is 17.1 Å². The molecule has 7 rings (SSSR count). The van der Waals surface area contributed by atoms with Crippen LogP contribution in [0.25, 0.3) is 39.0 Å². The van der Waals surface area contributed by atoms with E-state index in [1.54, 1.807) is 17.1 Å². The highest BCUT2D eigenvalue weighted by atomic mass is 19.1. The molecule has 5 heterocycles. The van der Waals surface area contributed by atoms with Gasteiger partial charge in [0.25, 0.3) is 0 Å². The summed E-state index contributed by atoms with van der Waals surface area (Å²) in [5, 5.41) is 18.5. The van der Waals surface area contributed by atoms with E-state index in [0.29, 0.717) is 48.0 Å². The number of β-amino-alcohol motifs (C(OH)–C–C–N with tert-alkyl or cyclic N) is 1. The highest BCUT2D eigenvalue weighted by Crippen LogP contribution is 2.43. The highest BCUT2D eigenvalue weighted by molar-refractivity contribution is 6.03. The van der Waals surface area contributed by atoms with Crippen LogP contribution in [-0.4, -0.2) is 86.9 Å². The van der Waals surface area contributed by atoms with Gasteiger partial charge in [0, 0.05) is 35.8 Å². The average Bonchev–Trinajstić information content (AvgIpc) is 3.71. The fraction of sp³-hybridized carbons (Fsp3) is 0.485. The zero-order valence-electron chi connectivity index (χ0n) is 25.3. The van der Waals surface area contributed by atoms with Gasteiger partial charge in [-0.15, -0.1) is 0 Å². The molecule has 45 heavy (non-hydrogen) atoms. The third-order valence-electron chi connectivity index (χ3n) is 9.75. The molecule has 0 aliphatic carbocycles. The molecule has 2 aromatic carbocycles. The number of nitrogens with one attached hydrogen (secondary N) is 1. The van der Waals surface area contributed by atoms with Gasteiger partial charge in [0.2, 0.25) is 0 Å². The second kappa shape index (κ2) is 11.2. The Morgan fingerprint density at radius 2 is 1.96 bits per heavy atom. The fourth-order valence-electron chi connectivity index (χ4n) is 7.64. The number of aryl methyl sites for hydroxylation is 1. The van der Waals surface area contributed by atoms with Crippen molar-refractivity contribution < 1.29 is 27.4 Å². The van der Waals surface area contributed by atoms with Crippen molar-refractivity contribution in [2.24, 2.45) is 0 Å². The summed E-state index contributed by atoms with van der Waals surface area (Å²) >= 11 is 0. The minimum absolute atomic E-state index is 0.0817. The van der Waals surface area contributed by atoms with Crippen molar-refractivity contribution in [3.63, 3.8) is 0 Å². The van der Waals surface area contributed by atoms with Crippen molar-refractivity contribution >= 4 is 33.7 Å². The predicted molar refractivity (Wildman–Crippen MR) is 165 cm³/mol. The molecule has 3 fully saturated rings. The summed E-state index contributed by atoms with van der Waals surface area (Å²) in [6.07, 6.45) is 6.90. The van der Waals surface area contributed by atoms with Crippen molar-refractivity contribution in [1.29, 1.82) is 0 Å². The lowest BCUT2D eigenvalue weighted by atomic mass is 9.90. The summed E-state index contributed by atoms with van der Waals surface area (Å²) in [6, 6.07) is 2.94. The van der Waals surface area contributed by atoms with Crippen LogP contribution in [0.2, 0.25) is 0 Å². The number of hydrogen-bond acceptors (Lipinski definition) is 7. The van der Waals surface area contributed by atoms with E-state index < -0.39 is 35.6 Å². The summed E-state index contributed by atoms with van der Waals surface area (Å²) in [5.74, 6) is -1.58. The van der Waals surface area contributed by atoms with E-state index in [2.05, 4.69) is 25.1 Å². The molecule has 12 heteroatoms. The monoisotopic (exact) mass is 624 g/mol. The number of alkyl halides is 2. The number of benzene rings is 2. The van der Waals surface area contributed by atoms with Crippen LogP contribution in [0.5, 0.6) is 6.01 Å². The largest absolute Gasteiger partial charge is 0.461 e. The Balaban J connectivity index is 1.41.